The second-order valence-corrected chi connectivity index (χ2v) is 6.91. The summed E-state index contributed by atoms with van der Waals surface area (Å²) in [6.45, 7) is 4.10. The molecule has 0 bridgehead atoms. The highest BCUT2D eigenvalue weighted by molar-refractivity contribution is 7.99. The number of amides is 1. The summed E-state index contributed by atoms with van der Waals surface area (Å²) >= 11 is 1.44. The van der Waals surface area contributed by atoms with Gasteiger partial charge in [0.25, 0.3) is 0 Å². The van der Waals surface area contributed by atoms with E-state index in [2.05, 4.69) is 23.0 Å². The molecule has 1 aromatic heterocycles. The number of imidazole rings is 1. The van der Waals surface area contributed by atoms with E-state index >= 15 is 0 Å². The second kappa shape index (κ2) is 7.09. The van der Waals surface area contributed by atoms with Crippen molar-refractivity contribution in [2.45, 2.75) is 25.0 Å². The highest BCUT2D eigenvalue weighted by Crippen LogP contribution is 2.23. The average Bonchev–Trinajstić information content (AvgIpc) is 3.01. The van der Waals surface area contributed by atoms with Gasteiger partial charge in [0.1, 0.15) is 0 Å². The zero-order chi connectivity index (χ0) is 17.1. The Bertz CT molecular complexity index is 844. The molecule has 0 spiro atoms. The Hall–Kier alpha value is -2.27. The molecule has 1 N–H and O–H groups in total. The van der Waals surface area contributed by atoms with Crippen molar-refractivity contribution >= 4 is 28.7 Å². The van der Waals surface area contributed by atoms with Crippen molar-refractivity contribution in [2.75, 3.05) is 12.8 Å². The van der Waals surface area contributed by atoms with Crippen LogP contribution in [-0.2, 0) is 4.79 Å². The van der Waals surface area contributed by atoms with E-state index in [4.69, 9.17) is 0 Å². The number of nitrogens with zero attached hydrogens (tertiary/aromatic N) is 2. The fraction of sp³-hybridized carbons (Fsp3) is 0.263. The summed E-state index contributed by atoms with van der Waals surface area (Å²) in [7, 11) is 1.85. The lowest BCUT2D eigenvalue weighted by Crippen LogP contribution is -2.31. The molecule has 0 aliphatic heterocycles. The van der Waals surface area contributed by atoms with E-state index in [0.29, 0.717) is 5.75 Å². The third-order valence-corrected chi connectivity index (χ3v) is 5.06. The standard InChI is InChI=1S/C19H21N3OS/c1-13-9-10-16-17(11-13)21-19(20-16)24-12-18(23)22(3)14(2)15-7-5-4-6-8-15/h4-11,14H,12H2,1-3H3,(H,20,21). The van der Waals surface area contributed by atoms with Gasteiger partial charge in [-0.1, -0.05) is 48.2 Å². The van der Waals surface area contributed by atoms with Crippen LogP contribution in [-0.4, -0.2) is 33.6 Å². The van der Waals surface area contributed by atoms with Crippen molar-refractivity contribution in [1.29, 1.82) is 0 Å². The quantitative estimate of drug-likeness (QED) is 0.709. The van der Waals surface area contributed by atoms with Gasteiger partial charge in [-0.25, -0.2) is 4.98 Å². The third-order valence-electron chi connectivity index (χ3n) is 4.20. The monoisotopic (exact) mass is 339 g/mol. The van der Waals surface area contributed by atoms with Crippen LogP contribution >= 0.6 is 11.8 Å². The van der Waals surface area contributed by atoms with Crippen LogP contribution in [0.15, 0.2) is 53.7 Å². The van der Waals surface area contributed by atoms with Crippen LogP contribution in [0.5, 0.6) is 0 Å². The Labute approximate surface area is 146 Å². The average molecular weight is 339 g/mol. The van der Waals surface area contributed by atoms with Crippen LogP contribution in [0.4, 0.5) is 0 Å². The number of carbonyl (C=O) groups excluding carboxylic acids is 1. The Balaban J connectivity index is 1.63. The van der Waals surface area contributed by atoms with Crippen LogP contribution < -0.4 is 0 Å². The predicted molar refractivity (Wildman–Crippen MR) is 99.2 cm³/mol. The van der Waals surface area contributed by atoms with Crippen LogP contribution in [0.1, 0.15) is 24.1 Å². The van der Waals surface area contributed by atoms with E-state index in [1.165, 1.54) is 17.3 Å². The lowest BCUT2D eigenvalue weighted by Gasteiger charge is -2.25. The highest BCUT2D eigenvalue weighted by Gasteiger charge is 2.17. The Kier molecular flexibility index (Phi) is 4.90. The summed E-state index contributed by atoms with van der Waals surface area (Å²) in [5, 5.41) is 0.782. The van der Waals surface area contributed by atoms with E-state index < -0.39 is 0 Å². The minimum absolute atomic E-state index is 0.0534. The summed E-state index contributed by atoms with van der Waals surface area (Å²) in [4.78, 5) is 22.0. The molecule has 24 heavy (non-hydrogen) atoms. The van der Waals surface area contributed by atoms with E-state index in [9.17, 15) is 4.79 Å². The van der Waals surface area contributed by atoms with Gasteiger partial charge in [0.05, 0.1) is 22.8 Å². The first-order chi connectivity index (χ1) is 11.5. The van der Waals surface area contributed by atoms with Gasteiger partial charge in [-0.2, -0.15) is 0 Å². The maximum absolute atomic E-state index is 12.5. The molecule has 0 aliphatic rings. The number of benzene rings is 2. The van der Waals surface area contributed by atoms with E-state index in [0.717, 1.165) is 21.8 Å². The molecule has 0 saturated heterocycles. The summed E-state index contributed by atoms with van der Waals surface area (Å²) in [6, 6.07) is 16.2. The molecule has 5 heteroatoms. The highest BCUT2D eigenvalue weighted by atomic mass is 32.2. The lowest BCUT2D eigenvalue weighted by atomic mass is 10.1. The van der Waals surface area contributed by atoms with Crippen molar-refractivity contribution < 1.29 is 4.79 Å². The molecule has 3 rings (SSSR count). The van der Waals surface area contributed by atoms with Crippen molar-refractivity contribution in [1.82, 2.24) is 14.9 Å². The summed E-state index contributed by atoms with van der Waals surface area (Å²) < 4.78 is 0. The van der Waals surface area contributed by atoms with Gasteiger partial charge in [-0.3, -0.25) is 4.79 Å². The minimum Gasteiger partial charge on any atom is -0.338 e. The minimum atomic E-state index is 0.0534. The first kappa shape index (κ1) is 16.6. The molecule has 4 nitrogen and oxygen atoms in total. The second-order valence-electron chi connectivity index (χ2n) is 5.94. The molecule has 1 amide bonds. The smallest absolute Gasteiger partial charge is 0.233 e. The van der Waals surface area contributed by atoms with Crippen LogP contribution in [0, 0.1) is 6.92 Å². The molecule has 1 unspecified atom stereocenters. The molecular formula is C19H21N3OS. The van der Waals surface area contributed by atoms with Crippen molar-refractivity contribution in [3.8, 4) is 0 Å². The molecule has 3 aromatic rings. The van der Waals surface area contributed by atoms with E-state index in [1.54, 1.807) is 4.90 Å². The first-order valence-corrected chi connectivity index (χ1v) is 8.93. The first-order valence-electron chi connectivity index (χ1n) is 7.94. The molecule has 0 aliphatic carbocycles. The molecular weight excluding hydrogens is 318 g/mol. The maximum atomic E-state index is 12.5. The molecule has 0 fully saturated rings. The maximum Gasteiger partial charge on any atom is 0.233 e. The number of hydrogen-bond acceptors (Lipinski definition) is 3. The van der Waals surface area contributed by atoms with E-state index in [1.807, 2.05) is 56.4 Å². The van der Waals surface area contributed by atoms with Gasteiger partial charge < -0.3 is 9.88 Å². The van der Waals surface area contributed by atoms with Gasteiger partial charge in [-0.15, -0.1) is 0 Å². The van der Waals surface area contributed by atoms with Crippen molar-refractivity contribution in [3.05, 3.63) is 59.7 Å². The number of aromatic amines is 1. The normalized spacial score (nSPS) is 12.3. The molecule has 1 atom stereocenters. The van der Waals surface area contributed by atoms with Crippen molar-refractivity contribution in [2.24, 2.45) is 0 Å². The predicted octanol–water partition coefficient (Wildman–Crippen LogP) is 4.18. The van der Waals surface area contributed by atoms with Crippen LogP contribution in [0.3, 0.4) is 0 Å². The largest absolute Gasteiger partial charge is 0.338 e. The molecule has 1 heterocycles. The number of H-pyrrole nitrogens is 1. The zero-order valence-electron chi connectivity index (χ0n) is 14.1. The number of nitrogens with one attached hydrogen (secondary N) is 1. The van der Waals surface area contributed by atoms with Gasteiger partial charge in [0.2, 0.25) is 5.91 Å². The number of hydrogen-bond donors (Lipinski definition) is 1. The van der Waals surface area contributed by atoms with Gasteiger partial charge in [0.15, 0.2) is 5.16 Å². The third kappa shape index (κ3) is 3.62. The summed E-state index contributed by atoms with van der Waals surface area (Å²) in [5.74, 6) is 0.458. The fourth-order valence-corrected chi connectivity index (χ4v) is 3.38. The number of aryl methyl sites for hydroxylation is 1. The van der Waals surface area contributed by atoms with Gasteiger partial charge in [0, 0.05) is 7.05 Å². The number of aromatic nitrogens is 2. The molecule has 0 saturated carbocycles. The molecule has 0 radical (unpaired) electrons. The summed E-state index contributed by atoms with van der Waals surface area (Å²) in [6.07, 6.45) is 0. The summed E-state index contributed by atoms with van der Waals surface area (Å²) in [5.41, 5.74) is 4.27. The Morgan fingerprint density at radius 3 is 2.75 bits per heavy atom. The topological polar surface area (TPSA) is 49.0 Å². The Morgan fingerprint density at radius 2 is 2.00 bits per heavy atom. The van der Waals surface area contributed by atoms with E-state index in [-0.39, 0.29) is 11.9 Å². The number of carbonyl (C=O) groups is 1. The Morgan fingerprint density at radius 1 is 1.25 bits per heavy atom. The lowest BCUT2D eigenvalue weighted by molar-refractivity contribution is -0.128. The zero-order valence-corrected chi connectivity index (χ0v) is 14.9. The number of thioether (sulfide) groups is 1. The SMILES string of the molecule is Cc1ccc2nc(SCC(=O)N(C)C(C)c3ccccc3)[nH]c2c1. The van der Waals surface area contributed by atoms with Crippen LogP contribution in [0.25, 0.3) is 11.0 Å². The van der Waals surface area contributed by atoms with Gasteiger partial charge in [-0.05, 0) is 37.1 Å². The van der Waals surface area contributed by atoms with Gasteiger partial charge >= 0.3 is 0 Å². The molecule has 2 aromatic carbocycles. The number of fused-ring (bicyclic) bond motifs is 1. The molecule has 124 valence electrons. The van der Waals surface area contributed by atoms with Crippen LogP contribution in [0.2, 0.25) is 0 Å². The van der Waals surface area contributed by atoms with Crippen molar-refractivity contribution in [3.63, 3.8) is 0 Å². The number of rotatable bonds is 5. The fourth-order valence-electron chi connectivity index (χ4n) is 2.57.